The van der Waals surface area contributed by atoms with Crippen molar-refractivity contribution in [3.05, 3.63) is 93.8 Å². The van der Waals surface area contributed by atoms with Gasteiger partial charge in [-0.15, -0.1) is 15.3 Å². The van der Waals surface area contributed by atoms with Gasteiger partial charge in [-0.25, -0.2) is 4.98 Å². The van der Waals surface area contributed by atoms with Gasteiger partial charge in [0.25, 0.3) is 0 Å². The van der Waals surface area contributed by atoms with E-state index >= 15 is 0 Å². The molecule has 2 N–H and O–H groups in total. The molecule has 0 spiro atoms. The molecule has 35 heavy (non-hydrogen) atoms. The smallest absolute Gasteiger partial charge is 0.248 e. The highest BCUT2D eigenvalue weighted by atomic mass is 35.5. The lowest BCUT2D eigenvalue weighted by Crippen LogP contribution is -2.15. The number of pyridine rings is 2. The highest BCUT2D eigenvalue weighted by Crippen LogP contribution is 2.28. The van der Waals surface area contributed by atoms with Crippen LogP contribution in [0.5, 0.6) is 5.75 Å². The molecule has 1 unspecified atom stereocenters. The first-order valence-electron chi connectivity index (χ1n) is 10.8. The fraction of sp³-hybridized carbons (Fsp3) is 0.125. The highest BCUT2D eigenvalue weighted by molar-refractivity contribution is 6.32. The second kappa shape index (κ2) is 9.82. The average Bonchev–Trinajstić information content (AvgIpc) is 3.51. The monoisotopic (exact) mass is 489 g/mol. The van der Waals surface area contributed by atoms with Crippen LogP contribution in [0.1, 0.15) is 24.5 Å². The molecule has 10 nitrogen and oxygen atoms in total. The molecule has 176 valence electrons. The van der Waals surface area contributed by atoms with Crippen LogP contribution in [0.2, 0.25) is 5.02 Å². The van der Waals surface area contributed by atoms with Crippen molar-refractivity contribution in [2.24, 2.45) is 5.10 Å². The number of hydrogen-bond donors (Lipinski definition) is 2. The van der Waals surface area contributed by atoms with Gasteiger partial charge in [-0.1, -0.05) is 23.7 Å². The van der Waals surface area contributed by atoms with E-state index < -0.39 is 6.23 Å². The van der Waals surface area contributed by atoms with Gasteiger partial charge in [-0.3, -0.25) is 14.8 Å². The maximum absolute atomic E-state index is 11.6. The Labute approximate surface area is 204 Å². The van der Waals surface area contributed by atoms with Crippen molar-refractivity contribution in [2.45, 2.75) is 13.2 Å². The molecule has 3 aromatic heterocycles. The fourth-order valence-electron chi connectivity index (χ4n) is 3.49. The van der Waals surface area contributed by atoms with Gasteiger partial charge < -0.3 is 14.5 Å². The molecule has 0 saturated heterocycles. The van der Waals surface area contributed by atoms with Gasteiger partial charge in [-0.05, 0) is 43.3 Å². The Kier molecular flexibility index (Phi) is 6.27. The highest BCUT2D eigenvalue weighted by Gasteiger charge is 2.21. The number of aromatic nitrogens is 5. The Morgan fingerprint density at radius 2 is 2.06 bits per heavy atom. The van der Waals surface area contributed by atoms with Crippen molar-refractivity contribution in [3.8, 4) is 23.0 Å². The van der Waals surface area contributed by atoms with Crippen LogP contribution >= 0.6 is 11.6 Å². The predicted octanol–water partition coefficient (Wildman–Crippen LogP) is 3.72. The summed E-state index contributed by atoms with van der Waals surface area (Å²) in [5.41, 5.74) is 4.59. The molecule has 4 aromatic rings. The van der Waals surface area contributed by atoms with Gasteiger partial charge in [0.1, 0.15) is 11.4 Å². The van der Waals surface area contributed by atoms with Crippen molar-refractivity contribution < 1.29 is 9.47 Å². The number of para-hydroxylation sites is 1. The quantitative estimate of drug-likeness (QED) is 0.406. The molecule has 4 heterocycles. The Morgan fingerprint density at radius 3 is 2.83 bits per heavy atom. The molecule has 11 heteroatoms. The molecule has 1 aliphatic rings. The summed E-state index contributed by atoms with van der Waals surface area (Å²) >= 11 is 6.51. The Hall–Kier alpha value is -4.44. The third-order valence-electron chi connectivity index (χ3n) is 5.07. The van der Waals surface area contributed by atoms with Gasteiger partial charge in [0.15, 0.2) is 11.6 Å². The van der Waals surface area contributed by atoms with E-state index in [1.54, 1.807) is 41.2 Å². The Morgan fingerprint density at radius 1 is 1.17 bits per heavy atom. The molecule has 1 aliphatic heterocycles. The lowest BCUT2D eigenvalue weighted by atomic mass is 10.2. The zero-order valence-electron chi connectivity index (χ0n) is 18.6. The topological polar surface area (TPSA) is 119 Å². The minimum atomic E-state index is -0.568. The van der Waals surface area contributed by atoms with Gasteiger partial charge >= 0.3 is 0 Å². The van der Waals surface area contributed by atoms with Crippen molar-refractivity contribution >= 4 is 23.6 Å². The van der Waals surface area contributed by atoms with Crippen LogP contribution in [0, 0.1) is 0 Å². The number of ether oxygens (including phenoxy) is 2. The summed E-state index contributed by atoms with van der Waals surface area (Å²) in [5.74, 6) is 1.99. The lowest BCUT2D eigenvalue weighted by molar-refractivity contribution is 0.192. The summed E-state index contributed by atoms with van der Waals surface area (Å²) in [6.45, 7) is 2.46. The summed E-state index contributed by atoms with van der Waals surface area (Å²) in [5, 5.41) is 13.4. The normalized spacial score (nSPS) is 15.0. The van der Waals surface area contributed by atoms with Crippen molar-refractivity contribution in [3.63, 3.8) is 0 Å². The zero-order valence-corrected chi connectivity index (χ0v) is 19.3. The Bertz CT molecular complexity index is 1460. The number of aromatic amines is 1. The third kappa shape index (κ3) is 4.78. The molecule has 0 bridgehead atoms. The maximum Gasteiger partial charge on any atom is 0.248 e. The second-order valence-electron chi connectivity index (χ2n) is 7.38. The van der Waals surface area contributed by atoms with Crippen LogP contribution in [-0.2, 0) is 4.74 Å². The molecular weight excluding hydrogens is 470 g/mol. The van der Waals surface area contributed by atoms with Gasteiger partial charge in [0.2, 0.25) is 17.7 Å². The van der Waals surface area contributed by atoms with Crippen LogP contribution in [-0.4, -0.2) is 37.2 Å². The summed E-state index contributed by atoms with van der Waals surface area (Å²) < 4.78 is 13.1. The number of H-pyrrole nitrogens is 1. The molecule has 0 fully saturated rings. The van der Waals surface area contributed by atoms with Crippen LogP contribution in [0.4, 0.5) is 0 Å². The van der Waals surface area contributed by atoms with E-state index in [9.17, 15) is 4.79 Å². The van der Waals surface area contributed by atoms with Gasteiger partial charge in [-0.2, -0.15) is 0 Å². The standard InChI is InChI=1S/C24H20ClN7O3/c1-2-34-16-7-8-18(27-14-16)23-30-28-20(32(23)19-6-4-3-5-17(19)25)9-10-22-29-31-24(35-22)15-11-12-26-21(33)13-15/h3-14,24,31H,2H2,1H3,(H,26,33)/b10-9+. The molecule has 0 radical (unpaired) electrons. The number of benzene rings is 1. The largest absolute Gasteiger partial charge is 0.492 e. The second-order valence-corrected chi connectivity index (χ2v) is 7.78. The number of rotatable bonds is 7. The Balaban J connectivity index is 1.46. The van der Waals surface area contributed by atoms with Crippen molar-refractivity contribution in [2.75, 3.05) is 6.61 Å². The van der Waals surface area contributed by atoms with Gasteiger partial charge in [0.05, 0.1) is 23.5 Å². The molecule has 0 amide bonds. The van der Waals surface area contributed by atoms with E-state index in [2.05, 4.69) is 30.7 Å². The molecule has 1 atom stereocenters. The number of nitrogens with zero attached hydrogens (tertiary/aromatic N) is 5. The number of halogens is 1. The minimum Gasteiger partial charge on any atom is -0.492 e. The summed E-state index contributed by atoms with van der Waals surface area (Å²) in [4.78, 5) is 18.6. The van der Waals surface area contributed by atoms with Crippen LogP contribution in [0.15, 0.2) is 76.9 Å². The van der Waals surface area contributed by atoms with E-state index in [1.807, 2.05) is 37.3 Å². The van der Waals surface area contributed by atoms with E-state index in [0.717, 1.165) is 0 Å². The number of hydrazone groups is 1. The maximum atomic E-state index is 11.6. The number of hydrogen-bond acceptors (Lipinski definition) is 8. The van der Waals surface area contributed by atoms with Crippen LogP contribution in [0.3, 0.4) is 0 Å². The molecule has 5 rings (SSSR count). The molecular formula is C24H20ClN7O3. The first kappa shape index (κ1) is 22.4. The molecule has 1 aromatic carbocycles. The van der Waals surface area contributed by atoms with Crippen molar-refractivity contribution in [1.29, 1.82) is 0 Å². The SMILES string of the molecule is CCOc1ccc(-c2nnc(/C=C/C3=NNC(c4cc[nH]c(=O)c4)O3)n2-c2ccccc2Cl)nc1. The van der Waals surface area contributed by atoms with E-state index in [1.165, 1.54) is 6.07 Å². The summed E-state index contributed by atoms with van der Waals surface area (Å²) in [6, 6.07) is 14.2. The van der Waals surface area contributed by atoms with E-state index in [-0.39, 0.29) is 5.56 Å². The fourth-order valence-corrected chi connectivity index (χ4v) is 3.71. The lowest BCUT2D eigenvalue weighted by Gasteiger charge is -2.11. The number of nitrogens with one attached hydrogen (secondary N) is 2. The first-order chi connectivity index (χ1) is 17.1. The van der Waals surface area contributed by atoms with E-state index in [0.29, 0.717) is 51.9 Å². The summed E-state index contributed by atoms with van der Waals surface area (Å²) in [6.07, 6.45) is 6.00. The summed E-state index contributed by atoms with van der Waals surface area (Å²) in [7, 11) is 0. The predicted molar refractivity (Wildman–Crippen MR) is 131 cm³/mol. The van der Waals surface area contributed by atoms with Crippen LogP contribution < -0.4 is 15.7 Å². The minimum absolute atomic E-state index is 0.222. The third-order valence-corrected chi connectivity index (χ3v) is 5.38. The molecule has 0 saturated carbocycles. The van der Waals surface area contributed by atoms with Crippen molar-refractivity contribution in [1.82, 2.24) is 30.2 Å². The van der Waals surface area contributed by atoms with Gasteiger partial charge in [0, 0.05) is 23.9 Å². The molecule has 0 aliphatic carbocycles. The van der Waals surface area contributed by atoms with E-state index in [4.69, 9.17) is 21.1 Å². The first-order valence-corrected chi connectivity index (χ1v) is 11.2. The zero-order chi connectivity index (χ0) is 24.2. The van der Waals surface area contributed by atoms with Crippen LogP contribution in [0.25, 0.3) is 23.3 Å². The average molecular weight is 490 g/mol.